The highest BCUT2D eigenvalue weighted by atomic mass is 16.5. The van der Waals surface area contributed by atoms with Crippen LogP contribution in [0.1, 0.15) is 55.4 Å². The van der Waals surface area contributed by atoms with E-state index < -0.39 is 10.8 Å². The second-order valence-corrected chi connectivity index (χ2v) is 8.50. The molecule has 6 heteroatoms. The highest BCUT2D eigenvalue weighted by molar-refractivity contribution is 5.90. The fourth-order valence-electron chi connectivity index (χ4n) is 5.29. The van der Waals surface area contributed by atoms with Crippen molar-refractivity contribution in [3.05, 3.63) is 65.2 Å². The number of hydrogen-bond donors (Lipinski definition) is 0. The van der Waals surface area contributed by atoms with Crippen LogP contribution < -0.4 is 4.74 Å². The zero-order valence-electron chi connectivity index (χ0n) is 16.6. The molecular formula is C24H18N4O2. The zero-order valence-corrected chi connectivity index (χ0v) is 16.6. The summed E-state index contributed by atoms with van der Waals surface area (Å²) in [7, 11) is 0. The molecule has 1 heterocycles. The Hall–Kier alpha value is -3.77. The Morgan fingerprint density at radius 2 is 1.77 bits per heavy atom. The maximum absolute atomic E-state index is 13.6. The number of rotatable bonds is 2. The molecule has 1 saturated carbocycles. The molecule has 0 aliphatic heterocycles. The van der Waals surface area contributed by atoms with Crippen molar-refractivity contribution in [1.29, 1.82) is 10.5 Å². The van der Waals surface area contributed by atoms with Crippen LogP contribution in [0.3, 0.4) is 0 Å². The first-order valence-corrected chi connectivity index (χ1v) is 9.86. The van der Waals surface area contributed by atoms with Crippen molar-refractivity contribution in [3.8, 4) is 17.9 Å². The standard InChI is InChI=1S/C24H18N4O2/c1-23(2)17-9-10-24(23,21-20(17)27-18(12-25)19(13-26)28-21)22(29)30-16-8-7-14-5-3-4-6-15(14)11-16/h3-8,11,17H,9-10H2,1-2H3. The quantitative estimate of drug-likeness (QED) is 0.478. The van der Waals surface area contributed by atoms with E-state index in [9.17, 15) is 15.3 Å². The van der Waals surface area contributed by atoms with E-state index in [-0.39, 0.29) is 23.3 Å². The molecule has 2 aliphatic carbocycles. The van der Waals surface area contributed by atoms with Crippen molar-refractivity contribution in [3.63, 3.8) is 0 Å². The number of ether oxygens (including phenoxy) is 1. The van der Waals surface area contributed by atoms with Gasteiger partial charge in [-0.1, -0.05) is 44.2 Å². The molecule has 2 atom stereocenters. The lowest BCUT2D eigenvalue weighted by atomic mass is 9.68. The third-order valence-electron chi connectivity index (χ3n) is 6.93. The second-order valence-electron chi connectivity index (χ2n) is 8.50. The summed E-state index contributed by atoms with van der Waals surface area (Å²) in [4.78, 5) is 22.5. The Labute approximate surface area is 173 Å². The van der Waals surface area contributed by atoms with Crippen molar-refractivity contribution in [2.75, 3.05) is 0 Å². The molecule has 1 fully saturated rings. The first kappa shape index (κ1) is 18.3. The second kappa shape index (κ2) is 6.11. The summed E-state index contributed by atoms with van der Waals surface area (Å²) < 4.78 is 5.90. The fraction of sp³-hybridized carbons (Fsp3) is 0.292. The number of carbonyl (C=O) groups excluding carboxylic acids is 1. The van der Waals surface area contributed by atoms with Crippen LogP contribution in [0.2, 0.25) is 0 Å². The van der Waals surface area contributed by atoms with Crippen LogP contribution in [0.25, 0.3) is 10.8 Å². The Morgan fingerprint density at radius 3 is 2.50 bits per heavy atom. The molecule has 30 heavy (non-hydrogen) atoms. The van der Waals surface area contributed by atoms with Gasteiger partial charge in [0.2, 0.25) is 0 Å². The van der Waals surface area contributed by atoms with E-state index in [0.717, 1.165) is 17.2 Å². The number of hydrogen-bond acceptors (Lipinski definition) is 6. The molecule has 5 rings (SSSR count). The van der Waals surface area contributed by atoms with E-state index in [4.69, 9.17) is 4.74 Å². The molecule has 0 amide bonds. The maximum atomic E-state index is 13.6. The minimum absolute atomic E-state index is 0.0102. The van der Waals surface area contributed by atoms with Crippen LogP contribution >= 0.6 is 0 Å². The number of aromatic nitrogens is 2. The van der Waals surface area contributed by atoms with Crippen LogP contribution in [0, 0.1) is 28.1 Å². The molecule has 2 aromatic carbocycles. The van der Waals surface area contributed by atoms with E-state index in [1.807, 2.05) is 62.4 Å². The predicted octanol–water partition coefficient (Wildman–Crippen LogP) is 4.13. The number of carbonyl (C=O) groups is 1. The van der Waals surface area contributed by atoms with E-state index in [0.29, 0.717) is 23.6 Å². The van der Waals surface area contributed by atoms with Crippen molar-refractivity contribution in [2.45, 2.75) is 38.0 Å². The number of nitrogens with zero attached hydrogens (tertiary/aromatic N) is 4. The normalized spacial score (nSPS) is 22.9. The van der Waals surface area contributed by atoms with Crippen LogP contribution in [0.15, 0.2) is 42.5 Å². The summed E-state index contributed by atoms with van der Waals surface area (Å²) in [6.45, 7) is 4.04. The first-order valence-electron chi connectivity index (χ1n) is 9.86. The highest BCUT2D eigenvalue weighted by Gasteiger charge is 2.69. The van der Waals surface area contributed by atoms with Crippen molar-refractivity contribution < 1.29 is 9.53 Å². The third-order valence-corrected chi connectivity index (χ3v) is 6.93. The van der Waals surface area contributed by atoms with Crippen LogP contribution in [0.5, 0.6) is 5.75 Å². The average molecular weight is 394 g/mol. The van der Waals surface area contributed by atoms with Gasteiger partial charge in [0.15, 0.2) is 11.4 Å². The van der Waals surface area contributed by atoms with Crippen molar-refractivity contribution >= 4 is 16.7 Å². The molecule has 0 radical (unpaired) electrons. The Kier molecular flexibility index (Phi) is 3.72. The molecule has 2 aliphatic rings. The summed E-state index contributed by atoms with van der Waals surface area (Å²) in [5.74, 6) is 0.0822. The largest absolute Gasteiger partial charge is 0.426 e. The number of fused-ring (bicyclic) bond motifs is 6. The van der Waals surface area contributed by atoms with Gasteiger partial charge < -0.3 is 4.74 Å². The molecule has 0 N–H and O–H groups in total. The Bertz CT molecular complexity index is 1320. The topological polar surface area (TPSA) is 99.7 Å². The Morgan fingerprint density at radius 1 is 1.07 bits per heavy atom. The van der Waals surface area contributed by atoms with Crippen molar-refractivity contribution in [2.24, 2.45) is 5.41 Å². The van der Waals surface area contributed by atoms with Gasteiger partial charge in [0.1, 0.15) is 23.3 Å². The lowest BCUT2D eigenvalue weighted by Crippen LogP contribution is -2.46. The van der Waals surface area contributed by atoms with E-state index >= 15 is 0 Å². The van der Waals surface area contributed by atoms with Gasteiger partial charge in [-0.05, 0) is 41.2 Å². The number of benzene rings is 2. The first-order chi connectivity index (χ1) is 14.4. The summed E-state index contributed by atoms with van der Waals surface area (Å²) in [6.07, 6.45) is 1.34. The summed E-state index contributed by atoms with van der Waals surface area (Å²) >= 11 is 0. The number of esters is 1. The van der Waals surface area contributed by atoms with E-state index in [2.05, 4.69) is 9.97 Å². The monoisotopic (exact) mass is 394 g/mol. The summed E-state index contributed by atoms with van der Waals surface area (Å²) in [5, 5.41) is 20.8. The van der Waals surface area contributed by atoms with Gasteiger partial charge in [-0.2, -0.15) is 10.5 Å². The van der Waals surface area contributed by atoms with Crippen molar-refractivity contribution in [1.82, 2.24) is 9.97 Å². The average Bonchev–Trinajstić information content (AvgIpc) is 3.13. The molecule has 1 aromatic heterocycles. The van der Waals surface area contributed by atoms with Crippen LogP contribution in [0.4, 0.5) is 0 Å². The van der Waals surface area contributed by atoms with Gasteiger partial charge in [-0.3, -0.25) is 4.79 Å². The smallest absolute Gasteiger partial charge is 0.324 e. The Balaban J connectivity index is 1.61. The summed E-state index contributed by atoms with van der Waals surface area (Å²) in [6, 6.07) is 17.3. The molecule has 146 valence electrons. The molecular weight excluding hydrogens is 376 g/mol. The van der Waals surface area contributed by atoms with E-state index in [1.165, 1.54) is 0 Å². The molecule has 2 unspecified atom stereocenters. The lowest BCUT2D eigenvalue weighted by molar-refractivity contribution is -0.144. The van der Waals surface area contributed by atoms with Crippen LogP contribution in [-0.4, -0.2) is 15.9 Å². The van der Waals surface area contributed by atoms with Gasteiger partial charge >= 0.3 is 5.97 Å². The molecule has 3 aromatic rings. The fourth-order valence-corrected chi connectivity index (χ4v) is 5.29. The molecule has 2 bridgehead atoms. The van der Waals surface area contributed by atoms with Gasteiger partial charge in [-0.15, -0.1) is 0 Å². The number of nitriles is 2. The molecule has 6 nitrogen and oxygen atoms in total. The minimum atomic E-state index is -0.995. The lowest BCUT2D eigenvalue weighted by Gasteiger charge is -2.35. The molecule has 0 spiro atoms. The van der Waals surface area contributed by atoms with Gasteiger partial charge in [-0.25, -0.2) is 9.97 Å². The highest BCUT2D eigenvalue weighted by Crippen LogP contribution is 2.67. The molecule has 0 saturated heterocycles. The van der Waals surface area contributed by atoms with Crippen LogP contribution in [-0.2, 0) is 10.2 Å². The maximum Gasteiger partial charge on any atom is 0.324 e. The SMILES string of the molecule is CC1(C)C2CCC1(C(=O)Oc1ccc3ccccc3c1)c1nc(C#N)c(C#N)nc12. The third kappa shape index (κ3) is 2.19. The van der Waals surface area contributed by atoms with Gasteiger partial charge in [0, 0.05) is 5.92 Å². The van der Waals surface area contributed by atoms with Gasteiger partial charge in [0.05, 0.1) is 11.4 Å². The minimum Gasteiger partial charge on any atom is -0.426 e. The van der Waals surface area contributed by atoms with E-state index in [1.54, 1.807) is 6.07 Å². The summed E-state index contributed by atoms with van der Waals surface area (Å²) in [5.41, 5.74) is -0.368. The zero-order chi connectivity index (χ0) is 21.1. The van der Waals surface area contributed by atoms with Gasteiger partial charge in [0.25, 0.3) is 0 Å². The predicted molar refractivity (Wildman–Crippen MR) is 108 cm³/mol.